The minimum Gasteiger partial charge on any atom is -0.454 e. The fourth-order valence-corrected chi connectivity index (χ4v) is 2.28. The van der Waals surface area contributed by atoms with Crippen molar-refractivity contribution in [3.8, 4) is 22.8 Å². The van der Waals surface area contributed by atoms with E-state index in [0.717, 1.165) is 33.7 Å². The van der Waals surface area contributed by atoms with Crippen LogP contribution in [0.2, 0.25) is 0 Å². The first-order chi connectivity index (χ1) is 9.40. The number of pyridine rings is 1. The molecule has 3 nitrogen and oxygen atoms in total. The first kappa shape index (κ1) is 10.4. The maximum Gasteiger partial charge on any atom is 0.231 e. The number of benzene rings is 2. The molecule has 1 aliphatic heterocycles. The molecule has 0 bridgehead atoms. The molecule has 0 radical (unpaired) electrons. The molecule has 3 aromatic rings. The summed E-state index contributed by atoms with van der Waals surface area (Å²) >= 11 is 0. The molecule has 19 heavy (non-hydrogen) atoms. The van der Waals surface area contributed by atoms with Crippen molar-refractivity contribution in [3.63, 3.8) is 0 Å². The average molecular weight is 249 g/mol. The summed E-state index contributed by atoms with van der Waals surface area (Å²) in [6.07, 6.45) is 0. The molecule has 1 aliphatic rings. The fraction of sp³-hybridized carbons (Fsp3) is 0.0625. The number of ether oxygens (including phenoxy) is 2. The predicted octanol–water partition coefficient (Wildman–Crippen LogP) is 3.63. The molecule has 0 atom stereocenters. The van der Waals surface area contributed by atoms with E-state index in [1.807, 2.05) is 42.5 Å². The van der Waals surface area contributed by atoms with Gasteiger partial charge < -0.3 is 9.47 Å². The molecule has 0 spiro atoms. The van der Waals surface area contributed by atoms with Gasteiger partial charge in [-0.25, -0.2) is 4.98 Å². The minimum absolute atomic E-state index is 0.296. The highest BCUT2D eigenvalue weighted by atomic mass is 16.7. The maximum atomic E-state index is 5.40. The van der Waals surface area contributed by atoms with Gasteiger partial charge >= 0.3 is 0 Å². The van der Waals surface area contributed by atoms with Crippen molar-refractivity contribution in [2.75, 3.05) is 6.79 Å². The lowest BCUT2D eigenvalue weighted by molar-refractivity contribution is 0.174. The first-order valence-electron chi connectivity index (χ1n) is 6.16. The SMILES string of the molecule is c1ccc2nc(-c3ccc4c(c3)OCO4)ccc2c1. The number of para-hydroxylation sites is 1. The molecule has 0 saturated carbocycles. The fourth-order valence-electron chi connectivity index (χ4n) is 2.28. The molecule has 92 valence electrons. The van der Waals surface area contributed by atoms with Crippen LogP contribution < -0.4 is 9.47 Å². The van der Waals surface area contributed by atoms with Crippen molar-refractivity contribution in [1.29, 1.82) is 0 Å². The van der Waals surface area contributed by atoms with Crippen molar-refractivity contribution in [2.45, 2.75) is 0 Å². The zero-order chi connectivity index (χ0) is 12.7. The number of rotatable bonds is 1. The topological polar surface area (TPSA) is 31.4 Å². The van der Waals surface area contributed by atoms with E-state index in [4.69, 9.17) is 9.47 Å². The van der Waals surface area contributed by atoms with Crippen molar-refractivity contribution in [3.05, 3.63) is 54.6 Å². The van der Waals surface area contributed by atoms with Gasteiger partial charge in [0.2, 0.25) is 6.79 Å². The second-order valence-electron chi connectivity index (χ2n) is 4.46. The van der Waals surface area contributed by atoms with E-state index in [9.17, 15) is 0 Å². The van der Waals surface area contributed by atoms with E-state index in [1.165, 1.54) is 0 Å². The second kappa shape index (κ2) is 3.99. The average Bonchev–Trinajstić information content (AvgIpc) is 2.94. The standard InChI is InChI=1S/C16H11NO2/c1-2-4-13-11(3-1)5-7-14(17-13)12-6-8-15-16(9-12)19-10-18-15/h1-9H,10H2. The summed E-state index contributed by atoms with van der Waals surface area (Å²) in [5.74, 6) is 1.58. The molecule has 2 heterocycles. The summed E-state index contributed by atoms with van der Waals surface area (Å²) in [5, 5.41) is 1.15. The molecule has 0 amide bonds. The Morgan fingerprint density at radius 3 is 2.74 bits per heavy atom. The van der Waals surface area contributed by atoms with Gasteiger partial charge in [-0.1, -0.05) is 24.3 Å². The van der Waals surface area contributed by atoms with Crippen molar-refractivity contribution < 1.29 is 9.47 Å². The molecule has 2 aromatic carbocycles. The third-order valence-electron chi connectivity index (χ3n) is 3.27. The molecule has 3 heteroatoms. The van der Waals surface area contributed by atoms with E-state index in [2.05, 4.69) is 17.1 Å². The van der Waals surface area contributed by atoms with Gasteiger partial charge in [0.05, 0.1) is 11.2 Å². The van der Waals surface area contributed by atoms with Gasteiger partial charge in [0.25, 0.3) is 0 Å². The van der Waals surface area contributed by atoms with Gasteiger partial charge in [-0.15, -0.1) is 0 Å². The van der Waals surface area contributed by atoms with Crippen LogP contribution >= 0.6 is 0 Å². The number of hydrogen-bond donors (Lipinski definition) is 0. The van der Waals surface area contributed by atoms with Crippen LogP contribution in [0.5, 0.6) is 11.5 Å². The van der Waals surface area contributed by atoms with Gasteiger partial charge in [0.1, 0.15) is 0 Å². The predicted molar refractivity (Wildman–Crippen MR) is 73.3 cm³/mol. The summed E-state index contributed by atoms with van der Waals surface area (Å²) in [4.78, 5) is 4.67. The largest absolute Gasteiger partial charge is 0.454 e. The van der Waals surface area contributed by atoms with Crippen LogP contribution in [0.1, 0.15) is 0 Å². The number of hydrogen-bond acceptors (Lipinski definition) is 3. The van der Waals surface area contributed by atoms with E-state index in [-0.39, 0.29) is 0 Å². The molecular formula is C16H11NO2. The summed E-state index contributed by atoms with van der Waals surface area (Å²) in [6, 6.07) is 18.1. The van der Waals surface area contributed by atoms with Crippen LogP contribution in [0.15, 0.2) is 54.6 Å². The first-order valence-corrected chi connectivity index (χ1v) is 6.16. The summed E-state index contributed by atoms with van der Waals surface area (Å²) < 4.78 is 10.7. The Morgan fingerprint density at radius 2 is 1.74 bits per heavy atom. The third kappa shape index (κ3) is 1.71. The van der Waals surface area contributed by atoms with Gasteiger partial charge in [0.15, 0.2) is 11.5 Å². The van der Waals surface area contributed by atoms with E-state index in [1.54, 1.807) is 0 Å². The quantitative estimate of drug-likeness (QED) is 0.660. The Balaban J connectivity index is 1.85. The highest BCUT2D eigenvalue weighted by Gasteiger charge is 2.14. The molecular weight excluding hydrogens is 238 g/mol. The lowest BCUT2D eigenvalue weighted by atomic mass is 10.1. The maximum absolute atomic E-state index is 5.40. The lowest BCUT2D eigenvalue weighted by Gasteiger charge is -2.04. The normalized spacial score (nSPS) is 12.8. The van der Waals surface area contributed by atoms with E-state index < -0.39 is 0 Å². The van der Waals surface area contributed by atoms with E-state index >= 15 is 0 Å². The summed E-state index contributed by atoms with van der Waals surface area (Å²) in [6.45, 7) is 0.296. The van der Waals surface area contributed by atoms with Crippen LogP contribution in [0, 0.1) is 0 Å². The van der Waals surface area contributed by atoms with Crippen LogP contribution in [-0.4, -0.2) is 11.8 Å². The van der Waals surface area contributed by atoms with Gasteiger partial charge in [-0.05, 0) is 30.3 Å². The Kier molecular flexibility index (Phi) is 2.18. The summed E-state index contributed by atoms with van der Waals surface area (Å²) in [5.41, 5.74) is 2.98. The highest BCUT2D eigenvalue weighted by Crippen LogP contribution is 2.35. The Hall–Kier alpha value is -2.55. The van der Waals surface area contributed by atoms with Gasteiger partial charge in [-0.2, -0.15) is 0 Å². The summed E-state index contributed by atoms with van der Waals surface area (Å²) in [7, 11) is 0. The van der Waals surface area contributed by atoms with E-state index in [0.29, 0.717) is 6.79 Å². The number of nitrogens with zero attached hydrogens (tertiary/aromatic N) is 1. The van der Waals surface area contributed by atoms with Crippen LogP contribution in [-0.2, 0) is 0 Å². The number of fused-ring (bicyclic) bond motifs is 2. The van der Waals surface area contributed by atoms with Crippen molar-refractivity contribution in [1.82, 2.24) is 4.98 Å². The second-order valence-corrected chi connectivity index (χ2v) is 4.46. The van der Waals surface area contributed by atoms with Crippen LogP contribution in [0.3, 0.4) is 0 Å². The van der Waals surface area contributed by atoms with Gasteiger partial charge in [0, 0.05) is 10.9 Å². The van der Waals surface area contributed by atoms with Crippen LogP contribution in [0.4, 0.5) is 0 Å². The molecule has 4 rings (SSSR count). The van der Waals surface area contributed by atoms with Crippen molar-refractivity contribution >= 4 is 10.9 Å². The molecule has 0 aliphatic carbocycles. The Bertz CT molecular complexity index is 768. The Morgan fingerprint density at radius 1 is 0.842 bits per heavy atom. The molecule has 0 unspecified atom stereocenters. The van der Waals surface area contributed by atoms with Crippen LogP contribution in [0.25, 0.3) is 22.2 Å². The molecule has 0 saturated heterocycles. The van der Waals surface area contributed by atoms with Crippen molar-refractivity contribution in [2.24, 2.45) is 0 Å². The third-order valence-corrected chi connectivity index (χ3v) is 3.27. The molecule has 1 aromatic heterocycles. The molecule has 0 fully saturated rings. The highest BCUT2D eigenvalue weighted by molar-refractivity contribution is 5.81. The lowest BCUT2D eigenvalue weighted by Crippen LogP contribution is -1.92. The monoisotopic (exact) mass is 249 g/mol. The Labute approximate surface area is 110 Å². The zero-order valence-corrected chi connectivity index (χ0v) is 10.2. The van der Waals surface area contributed by atoms with Gasteiger partial charge in [-0.3, -0.25) is 0 Å². The zero-order valence-electron chi connectivity index (χ0n) is 10.2. The molecule has 0 N–H and O–H groups in total. The minimum atomic E-state index is 0.296. The smallest absolute Gasteiger partial charge is 0.231 e. The number of aromatic nitrogens is 1.